The first kappa shape index (κ1) is 15.8. The van der Waals surface area contributed by atoms with Crippen LogP contribution >= 0.6 is 0 Å². The Morgan fingerprint density at radius 1 is 1.42 bits per heavy atom. The number of likely N-dealkylation sites (tertiary alicyclic amines) is 1. The number of carbonyl (C=O) groups excluding carboxylic acids is 1. The summed E-state index contributed by atoms with van der Waals surface area (Å²) in [4.78, 5) is 24.3. The minimum Gasteiger partial charge on any atom is -0.481 e. The summed E-state index contributed by atoms with van der Waals surface area (Å²) in [6.07, 6.45) is 3.52. The standard InChI is InChI=1S/C13H24N2O4/c1-2-3-8-19-9-6-14-13(18)15-7-4-5-11(10-15)12(16)17/h11H,2-10H2,1H3,(H,14,18)(H,16,17). The van der Waals surface area contributed by atoms with Gasteiger partial charge in [0.15, 0.2) is 0 Å². The number of carbonyl (C=O) groups is 2. The third-order valence-electron chi connectivity index (χ3n) is 3.22. The number of aliphatic carboxylic acids is 1. The zero-order chi connectivity index (χ0) is 14.1. The van der Waals surface area contributed by atoms with Crippen LogP contribution < -0.4 is 5.32 Å². The van der Waals surface area contributed by atoms with Crippen molar-refractivity contribution in [1.29, 1.82) is 0 Å². The molecular weight excluding hydrogens is 248 g/mol. The van der Waals surface area contributed by atoms with Gasteiger partial charge in [-0.2, -0.15) is 0 Å². The molecule has 1 unspecified atom stereocenters. The number of rotatable bonds is 7. The van der Waals surface area contributed by atoms with Gasteiger partial charge in [-0.25, -0.2) is 4.79 Å². The maximum atomic E-state index is 11.8. The summed E-state index contributed by atoms with van der Waals surface area (Å²) in [6.45, 7) is 4.72. The third-order valence-corrected chi connectivity index (χ3v) is 3.22. The number of piperidine rings is 1. The fourth-order valence-corrected chi connectivity index (χ4v) is 2.05. The molecule has 6 heteroatoms. The Balaban J connectivity index is 2.16. The van der Waals surface area contributed by atoms with Crippen LogP contribution in [0.2, 0.25) is 0 Å². The smallest absolute Gasteiger partial charge is 0.317 e. The van der Waals surface area contributed by atoms with Crippen molar-refractivity contribution in [3.63, 3.8) is 0 Å². The number of nitrogens with zero attached hydrogens (tertiary/aromatic N) is 1. The molecule has 1 atom stereocenters. The van der Waals surface area contributed by atoms with Gasteiger partial charge >= 0.3 is 12.0 Å². The van der Waals surface area contributed by atoms with Crippen molar-refractivity contribution in [3.05, 3.63) is 0 Å². The fourth-order valence-electron chi connectivity index (χ4n) is 2.05. The molecule has 6 nitrogen and oxygen atoms in total. The lowest BCUT2D eigenvalue weighted by Crippen LogP contribution is -2.47. The van der Waals surface area contributed by atoms with Crippen molar-refractivity contribution in [2.24, 2.45) is 5.92 Å². The van der Waals surface area contributed by atoms with E-state index < -0.39 is 11.9 Å². The van der Waals surface area contributed by atoms with Crippen LogP contribution in [-0.4, -0.2) is 54.9 Å². The lowest BCUT2D eigenvalue weighted by Gasteiger charge is -2.30. The fraction of sp³-hybridized carbons (Fsp3) is 0.846. The lowest BCUT2D eigenvalue weighted by atomic mass is 9.99. The Hall–Kier alpha value is -1.30. The van der Waals surface area contributed by atoms with Gasteiger partial charge in [0.25, 0.3) is 0 Å². The lowest BCUT2D eigenvalue weighted by molar-refractivity contribution is -0.143. The van der Waals surface area contributed by atoms with Crippen LogP contribution in [0.15, 0.2) is 0 Å². The molecule has 2 amide bonds. The van der Waals surface area contributed by atoms with E-state index in [0.717, 1.165) is 25.9 Å². The summed E-state index contributed by atoms with van der Waals surface area (Å²) in [5.41, 5.74) is 0. The number of urea groups is 1. The first-order valence-corrected chi connectivity index (χ1v) is 6.98. The quantitative estimate of drug-likeness (QED) is 0.685. The highest BCUT2D eigenvalue weighted by Gasteiger charge is 2.27. The van der Waals surface area contributed by atoms with Gasteiger partial charge in [0.1, 0.15) is 0 Å². The van der Waals surface area contributed by atoms with Gasteiger partial charge in [-0.05, 0) is 19.3 Å². The van der Waals surface area contributed by atoms with Gasteiger partial charge in [0, 0.05) is 26.2 Å². The number of carboxylic acids is 1. The van der Waals surface area contributed by atoms with Crippen molar-refractivity contribution in [1.82, 2.24) is 10.2 Å². The number of ether oxygens (including phenoxy) is 1. The van der Waals surface area contributed by atoms with Gasteiger partial charge in [-0.15, -0.1) is 0 Å². The molecule has 0 spiro atoms. The van der Waals surface area contributed by atoms with Gasteiger partial charge in [-0.1, -0.05) is 13.3 Å². The van der Waals surface area contributed by atoms with Crippen LogP contribution in [0.4, 0.5) is 4.79 Å². The largest absolute Gasteiger partial charge is 0.481 e. The normalized spacial score (nSPS) is 19.2. The summed E-state index contributed by atoms with van der Waals surface area (Å²) in [5.74, 6) is -1.25. The first-order chi connectivity index (χ1) is 9.15. The molecular formula is C13H24N2O4. The number of amides is 2. The maximum Gasteiger partial charge on any atom is 0.317 e. The highest BCUT2D eigenvalue weighted by molar-refractivity contribution is 5.76. The van der Waals surface area contributed by atoms with E-state index in [0.29, 0.717) is 32.7 Å². The predicted octanol–water partition coefficient (Wildman–Crippen LogP) is 1.31. The monoisotopic (exact) mass is 272 g/mol. The Labute approximate surface area is 114 Å². The number of carboxylic acid groups (broad SMARTS) is 1. The molecule has 0 bridgehead atoms. The topological polar surface area (TPSA) is 78.9 Å². The highest BCUT2D eigenvalue weighted by Crippen LogP contribution is 2.16. The minimum atomic E-state index is -0.819. The summed E-state index contributed by atoms with van der Waals surface area (Å²) >= 11 is 0. The summed E-state index contributed by atoms with van der Waals surface area (Å²) in [7, 11) is 0. The van der Waals surface area contributed by atoms with Gasteiger partial charge in [-0.3, -0.25) is 4.79 Å². The number of hydrogen-bond donors (Lipinski definition) is 2. The van der Waals surface area contributed by atoms with Crippen LogP contribution in [0, 0.1) is 5.92 Å². The van der Waals surface area contributed by atoms with Crippen LogP contribution in [0.25, 0.3) is 0 Å². The van der Waals surface area contributed by atoms with E-state index in [4.69, 9.17) is 9.84 Å². The van der Waals surface area contributed by atoms with E-state index in [1.807, 2.05) is 0 Å². The van der Waals surface area contributed by atoms with Crippen LogP contribution in [0.3, 0.4) is 0 Å². The molecule has 0 aromatic heterocycles. The summed E-state index contributed by atoms with van der Waals surface area (Å²) in [6, 6.07) is -0.190. The third kappa shape index (κ3) is 5.92. The van der Waals surface area contributed by atoms with E-state index in [-0.39, 0.29) is 6.03 Å². The van der Waals surface area contributed by atoms with Crippen molar-refractivity contribution in [3.8, 4) is 0 Å². The van der Waals surface area contributed by atoms with Gasteiger partial charge in [0.2, 0.25) is 0 Å². The zero-order valence-electron chi connectivity index (χ0n) is 11.6. The average Bonchev–Trinajstić information content (AvgIpc) is 2.42. The predicted molar refractivity (Wildman–Crippen MR) is 71.1 cm³/mol. The summed E-state index contributed by atoms with van der Waals surface area (Å²) < 4.78 is 5.34. The molecule has 0 aromatic rings. The summed E-state index contributed by atoms with van der Waals surface area (Å²) in [5, 5.41) is 11.7. The minimum absolute atomic E-state index is 0.190. The molecule has 0 saturated carbocycles. The van der Waals surface area contributed by atoms with Crippen molar-refractivity contribution < 1.29 is 19.4 Å². The van der Waals surface area contributed by atoms with E-state index in [2.05, 4.69) is 12.2 Å². The Bertz CT molecular complexity index is 296. The molecule has 0 aliphatic carbocycles. The molecule has 110 valence electrons. The van der Waals surface area contributed by atoms with Gasteiger partial charge in [0.05, 0.1) is 12.5 Å². The van der Waals surface area contributed by atoms with Crippen molar-refractivity contribution in [2.75, 3.05) is 32.8 Å². The van der Waals surface area contributed by atoms with Crippen molar-refractivity contribution in [2.45, 2.75) is 32.6 Å². The molecule has 1 fully saturated rings. The first-order valence-electron chi connectivity index (χ1n) is 6.98. The molecule has 1 saturated heterocycles. The highest BCUT2D eigenvalue weighted by atomic mass is 16.5. The number of nitrogens with one attached hydrogen (secondary N) is 1. The van der Waals surface area contributed by atoms with E-state index in [1.165, 1.54) is 0 Å². The molecule has 0 radical (unpaired) electrons. The SMILES string of the molecule is CCCCOCCNC(=O)N1CCCC(C(=O)O)C1. The zero-order valence-corrected chi connectivity index (χ0v) is 11.6. The molecule has 19 heavy (non-hydrogen) atoms. The van der Waals surface area contributed by atoms with Crippen LogP contribution in [0.5, 0.6) is 0 Å². The van der Waals surface area contributed by atoms with E-state index in [1.54, 1.807) is 4.90 Å². The molecule has 1 aliphatic heterocycles. The second-order valence-corrected chi connectivity index (χ2v) is 4.82. The molecule has 1 heterocycles. The number of unbranched alkanes of at least 4 members (excludes halogenated alkanes) is 1. The Morgan fingerprint density at radius 3 is 2.89 bits per heavy atom. The van der Waals surface area contributed by atoms with Gasteiger partial charge < -0.3 is 20.1 Å². The molecule has 1 aliphatic rings. The second-order valence-electron chi connectivity index (χ2n) is 4.82. The van der Waals surface area contributed by atoms with E-state index >= 15 is 0 Å². The van der Waals surface area contributed by atoms with Crippen LogP contribution in [-0.2, 0) is 9.53 Å². The van der Waals surface area contributed by atoms with E-state index in [9.17, 15) is 9.59 Å². The Morgan fingerprint density at radius 2 is 2.21 bits per heavy atom. The van der Waals surface area contributed by atoms with Crippen molar-refractivity contribution >= 4 is 12.0 Å². The number of hydrogen-bond acceptors (Lipinski definition) is 3. The molecule has 2 N–H and O–H groups in total. The maximum absolute atomic E-state index is 11.8. The average molecular weight is 272 g/mol. The second kappa shape index (κ2) is 8.74. The molecule has 0 aromatic carbocycles. The Kier molecular flexibility index (Phi) is 7.25. The van der Waals surface area contributed by atoms with Crippen LogP contribution in [0.1, 0.15) is 32.6 Å². The molecule has 1 rings (SSSR count).